The summed E-state index contributed by atoms with van der Waals surface area (Å²) in [4.78, 5) is 28.3. The lowest BCUT2D eigenvalue weighted by Crippen LogP contribution is -2.41. The molecule has 4 aromatic rings. The van der Waals surface area contributed by atoms with E-state index in [2.05, 4.69) is 0 Å². The highest BCUT2D eigenvalue weighted by atomic mass is 16.6. The van der Waals surface area contributed by atoms with Crippen LogP contribution in [0.2, 0.25) is 0 Å². The van der Waals surface area contributed by atoms with Crippen LogP contribution in [0.1, 0.15) is 43.4 Å². The summed E-state index contributed by atoms with van der Waals surface area (Å²) in [6.07, 6.45) is 1.28. The second-order valence-electron chi connectivity index (χ2n) is 9.14. The summed E-state index contributed by atoms with van der Waals surface area (Å²) in [6, 6.07) is 29.6. The summed E-state index contributed by atoms with van der Waals surface area (Å²) in [5.74, 6) is 1.12. The quantitative estimate of drug-likeness (QED) is 0.230. The largest absolute Gasteiger partial charge is 0.497 e. The van der Waals surface area contributed by atoms with E-state index in [9.17, 15) is 9.59 Å². The summed E-state index contributed by atoms with van der Waals surface area (Å²) in [6.45, 7) is 0.588. The zero-order valence-electron chi connectivity index (χ0n) is 21.4. The van der Waals surface area contributed by atoms with Crippen molar-refractivity contribution in [1.29, 1.82) is 0 Å². The van der Waals surface area contributed by atoms with Gasteiger partial charge in [-0.1, -0.05) is 48.5 Å². The number of hydrogen-bond acceptors (Lipinski definition) is 5. The van der Waals surface area contributed by atoms with Crippen molar-refractivity contribution >= 4 is 11.9 Å². The van der Waals surface area contributed by atoms with Crippen molar-refractivity contribution in [1.82, 2.24) is 4.90 Å². The number of amides is 1. The molecule has 0 bridgehead atoms. The predicted molar refractivity (Wildman–Crippen MR) is 145 cm³/mol. The SMILES string of the molecule is COc1ccc2c(c1)CCN(C(=O)c1ccccc1)C2Cc1ccc(OC)c(OC(=O)c2ccccc2)c1. The highest BCUT2D eigenvalue weighted by Crippen LogP contribution is 2.37. The van der Waals surface area contributed by atoms with Gasteiger partial charge in [0.2, 0.25) is 0 Å². The lowest BCUT2D eigenvalue weighted by molar-refractivity contribution is 0.0659. The van der Waals surface area contributed by atoms with Crippen LogP contribution < -0.4 is 14.2 Å². The highest BCUT2D eigenvalue weighted by molar-refractivity contribution is 5.94. The van der Waals surface area contributed by atoms with E-state index in [0.717, 1.165) is 28.9 Å². The van der Waals surface area contributed by atoms with Gasteiger partial charge in [0.05, 0.1) is 25.8 Å². The third-order valence-electron chi connectivity index (χ3n) is 6.86. The second kappa shape index (κ2) is 11.2. The maximum absolute atomic E-state index is 13.6. The van der Waals surface area contributed by atoms with Crippen LogP contribution in [-0.2, 0) is 12.8 Å². The Morgan fingerprint density at radius 3 is 2.18 bits per heavy atom. The van der Waals surface area contributed by atoms with Gasteiger partial charge >= 0.3 is 5.97 Å². The maximum Gasteiger partial charge on any atom is 0.343 e. The van der Waals surface area contributed by atoms with E-state index in [1.54, 1.807) is 44.6 Å². The van der Waals surface area contributed by atoms with Gasteiger partial charge in [0.15, 0.2) is 11.5 Å². The van der Waals surface area contributed by atoms with Crippen LogP contribution in [0.3, 0.4) is 0 Å². The number of hydrogen-bond donors (Lipinski definition) is 0. The number of nitrogens with zero attached hydrogens (tertiary/aromatic N) is 1. The first-order chi connectivity index (χ1) is 18.6. The summed E-state index contributed by atoms with van der Waals surface area (Å²) in [5, 5.41) is 0. The van der Waals surface area contributed by atoms with Gasteiger partial charge in [-0.15, -0.1) is 0 Å². The molecule has 1 amide bonds. The Morgan fingerprint density at radius 2 is 1.50 bits per heavy atom. The maximum atomic E-state index is 13.6. The summed E-state index contributed by atoms with van der Waals surface area (Å²) < 4.78 is 16.7. The molecule has 6 heteroatoms. The Hall–Kier alpha value is -4.58. The van der Waals surface area contributed by atoms with E-state index in [1.807, 2.05) is 71.6 Å². The predicted octanol–water partition coefficient (Wildman–Crippen LogP) is 5.91. The molecular formula is C32H29NO5. The molecule has 0 saturated carbocycles. The van der Waals surface area contributed by atoms with Crippen molar-refractivity contribution in [2.75, 3.05) is 20.8 Å². The summed E-state index contributed by atoms with van der Waals surface area (Å²) in [5.41, 5.74) is 4.27. The van der Waals surface area contributed by atoms with Crippen molar-refractivity contribution in [2.45, 2.75) is 18.9 Å². The molecule has 192 valence electrons. The first kappa shape index (κ1) is 25.1. The molecule has 1 atom stereocenters. The monoisotopic (exact) mass is 507 g/mol. The van der Waals surface area contributed by atoms with Gasteiger partial charge in [0.1, 0.15) is 5.75 Å². The number of fused-ring (bicyclic) bond motifs is 1. The Labute approximate surface area is 222 Å². The molecular weight excluding hydrogens is 478 g/mol. The van der Waals surface area contributed by atoms with Crippen molar-refractivity contribution < 1.29 is 23.8 Å². The molecule has 6 nitrogen and oxygen atoms in total. The van der Waals surface area contributed by atoms with Gasteiger partial charge < -0.3 is 19.1 Å². The average molecular weight is 508 g/mol. The molecule has 0 aliphatic carbocycles. The topological polar surface area (TPSA) is 65.1 Å². The molecule has 1 unspecified atom stereocenters. The van der Waals surface area contributed by atoms with E-state index in [0.29, 0.717) is 35.6 Å². The van der Waals surface area contributed by atoms with Crippen LogP contribution in [0.25, 0.3) is 0 Å². The smallest absolute Gasteiger partial charge is 0.343 e. The molecule has 0 saturated heterocycles. The summed E-state index contributed by atoms with van der Waals surface area (Å²) >= 11 is 0. The standard InChI is InChI=1S/C32H29NO5/c1-36-26-14-15-27-25(21-26)17-18-33(31(34)23-9-5-3-6-10-23)28(27)19-22-13-16-29(37-2)30(20-22)38-32(35)24-11-7-4-8-12-24/h3-16,20-21,28H,17-19H2,1-2H3. The number of carbonyl (C=O) groups is 2. The number of rotatable bonds is 7. The zero-order valence-corrected chi connectivity index (χ0v) is 21.4. The Kier molecular flexibility index (Phi) is 7.40. The average Bonchev–Trinajstić information content (AvgIpc) is 2.97. The lowest BCUT2D eigenvalue weighted by atomic mass is 9.88. The van der Waals surface area contributed by atoms with Gasteiger partial charge in [-0.2, -0.15) is 0 Å². The van der Waals surface area contributed by atoms with Crippen LogP contribution in [-0.4, -0.2) is 37.5 Å². The molecule has 4 aromatic carbocycles. The third-order valence-corrected chi connectivity index (χ3v) is 6.86. The van der Waals surface area contributed by atoms with Gasteiger partial charge in [0, 0.05) is 12.1 Å². The van der Waals surface area contributed by atoms with Gasteiger partial charge in [-0.3, -0.25) is 4.79 Å². The summed E-state index contributed by atoms with van der Waals surface area (Å²) in [7, 11) is 3.20. The molecule has 0 spiro atoms. The fourth-order valence-electron chi connectivity index (χ4n) is 4.91. The molecule has 5 rings (SSSR count). The van der Waals surface area contributed by atoms with E-state index in [1.165, 1.54) is 0 Å². The van der Waals surface area contributed by atoms with Gasteiger partial charge in [-0.05, 0) is 78.1 Å². The van der Waals surface area contributed by atoms with Crippen LogP contribution in [0.15, 0.2) is 97.1 Å². The van der Waals surface area contributed by atoms with E-state index < -0.39 is 5.97 Å². The molecule has 1 heterocycles. The molecule has 0 radical (unpaired) electrons. The molecule has 38 heavy (non-hydrogen) atoms. The van der Waals surface area contributed by atoms with Gasteiger partial charge in [-0.25, -0.2) is 4.79 Å². The number of methoxy groups -OCH3 is 2. The molecule has 1 aliphatic rings. The number of carbonyl (C=O) groups excluding carboxylic acids is 2. The molecule has 1 aliphatic heterocycles. The van der Waals surface area contributed by atoms with Crippen LogP contribution in [0.5, 0.6) is 17.2 Å². The minimum atomic E-state index is -0.461. The van der Waals surface area contributed by atoms with Crippen molar-refractivity contribution in [3.63, 3.8) is 0 Å². The fourth-order valence-corrected chi connectivity index (χ4v) is 4.91. The number of benzene rings is 4. The Bertz CT molecular complexity index is 1440. The number of esters is 1. The Morgan fingerprint density at radius 1 is 0.789 bits per heavy atom. The minimum Gasteiger partial charge on any atom is -0.497 e. The zero-order chi connectivity index (χ0) is 26.5. The first-order valence-corrected chi connectivity index (χ1v) is 12.5. The van der Waals surface area contributed by atoms with Crippen molar-refractivity contribution in [3.05, 3.63) is 125 Å². The van der Waals surface area contributed by atoms with E-state index in [4.69, 9.17) is 14.2 Å². The minimum absolute atomic E-state index is 0.0127. The molecule has 0 fully saturated rings. The molecule has 0 aromatic heterocycles. The Balaban J connectivity index is 1.48. The van der Waals surface area contributed by atoms with E-state index >= 15 is 0 Å². The van der Waals surface area contributed by atoms with E-state index in [-0.39, 0.29) is 11.9 Å². The second-order valence-corrected chi connectivity index (χ2v) is 9.14. The third kappa shape index (κ3) is 5.25. The first-order valence-electron chi connectivity index (χ1n) is 12.5. The lowest BCUT2D eigenvalue weighted by Gasteiger charge is -2.38. The fraction of sp³-hybridized carbons (Fsp3) is 0.188. The normalized spacial score (nSPS) is 14.4. The van der Waals surface area contributed by atoms with Gasteiger partial charge in [0.25, 0.3) is 5.91 Å². The van der Waals surface area contributed by atoms with Crippen LogP contribution in [0.4, 0.5) is 0 Å². The van der Waals surface area contributed by atoms with Crippen molar-refractivity contribution in [3.8, 4) is 17.2 Å². The van der Waals surface area contributed by atoms with Crippen molar-refractivity contribution in [2.24, 2.45) is 0 Å². The van der Waals surface area contributed by atoms with Crippen LogP contribution in [0, 0.1) is 0 Å². The highest BCUT2D eigenvalue weighted by Gasteiger charge is 2.32. The molecule has 0 N–H and O–H groups in total. The van der Waals surface area contributed by atoms with Crippen LogP contribution >= 0.6 is 0 Å². The number of ether oxygens (including phenoxy) is 3.